The topological polar surface area (TPSA) is 60.2 Å². The van der Waals surface area contributed by atoms with Crippen molar-refractivity contribution in [1.29, 1.82) is 0 Å². The summed E-state index contributed by atoms with van der Waals surface area (Å²) in [6.07, 6.45) is 1.77. The summed E-state index contributed by atoms with van der Waals surface area (Å²) in [6.45, 7) is 0. The number of hydrogen-bond donors (Lipinski definition) is 1. The van der Waals surface area contributed by atoms with Crippen LogP contribution < -0.4 is 5.14 Å². The summed E-state index contributed by atoms with van der Waals surface area (Å²) in [5.41, 5.74) is 2.38. The van der Waals surface area contributed by atoms with Gasteiger partial charge in [0, 0.05) is 10.8 Å². The monoisotopic (exact) mass is 293 g/mol. The first-order chi connectivity index (χ1) is 9.07. The van der Waals surface area contributed by atoms with Crippen LogP contribution in [0.1, 0.15) is 33.6 Å². The molecule has 0 saturated carbocycles. The molecule has 1 aliphatic rings. The molecular weight excluding hydrogens is 278 g/mol. The molecule has 2 N–H and O–H groups in total. The predicted molar refractivity (Wildman–Crippen MR) is 77.7 cm³/mol. The molecule has 1 heterocycles. The second-order valence-corrected chi connectivity index (χ2v) is 7.53. The summed E-state index contributed by atoms with van der Waals surface area (Å²) in [5.74, 6) is -0.0233. The molecule has 0 radical (unpaired) electrons. The van der Waals surface area contributed by atoms with E-state index in [-0.39, 0.29) is 5.92 Å². The first kappa shape index (κ1) is 12.8. The largest absolute Gasteiger partial charge is 0.228 e. The maximum Gasteiger partial charge on any atom is 0.217 e. The Balaban J connectivity index is 2.09. The lowest BCUT2D eigenvalue weighted by atomic mass is 9.96. The molecule has 0 bridgehead atoms. The van der Waals surface area contributed by atoms with Gasteiger partial charge < -0.3 is 0 Å². The smallest absolute Gasteiger partial charge is 0.217 e. The van der Waals surface area contributed by atoms with Gasteiger partial charge in [-0.05, 0) is 35.4 Å². The van der Waals surface area contributed by atoms with Crippen molar-refractivity contribution in [2.75, 3.05) is 0 Å². The van der Waals surface area contributed by atoms with Crippen LogP contribution in [-0.4, -0.2) is 8.42 Å². The summed E-state index contributed by atoms with van der Waals surface area (Å²) in [4.78, 5) is 0.837. The third-order valence-electron chi connectivity index (χ3n) is 3.72. The minimum absolute atomic E-state index is 0.0233. The van der Waals surface area contributed by atoms with Gasteiger partial charge in [0.2, 0.25) is 10.0 Å². The van der Waals surface area contributed by atoms with E-state index in [1.54, 1.807) is 0 Å². The fourth-order valence-corrected chi connectivity index (χ4v) is 5.43. The van der Waals surface area contributed by atoms with Crippen molar-refractivity contribution in [2.45, 2.75) is 24.0 Å². The zero-order chi connectivity index (χ0) is 13.5. The Kier molecular flexibility index (Phi) is 3.20. The van der Waals surface area contributed by atoms with E-state index in [4.69, 9.17) is 5.14 Å². The summed E-state index contributed by atoms with van der Waals surface area (Å²) in [6, 6.07) is 11.8. The van der Waals surface area contributed by atoms with E-state index in [2.05, 4.69) is 6.07 Å². The number of nitrogens with two attached hydrogens (primary N) is 1. The standard InChI is InChI=1S/C14H15NO2S2/c15-19(16,17)14(13-6-3-9-18-13)12-8-7-10-4-1-2-5-11(10)12/h1-6,9,12,14H,7-8H2,(H2,15,16,17)/t12-,14?/m0/s1. The Morgan fingerprint density at radius 3 is 2.68 bits per heavy atom. The van der Waals surface area contributed by atoms with Crippen LogP contribution in [0.5, 0.6) is 0 Å². The van der Waals surface area contributed by atoms with Crippen molar-refractivity contribution < 1.29 is 8.42 Å². The van der Waals surface area contributed by atoms with Crippen molar-refractivity contribution in [3.8, 4) is 0 Å². The van der Waals surface area contributed by atoms with Crippen LogP contribution in [0.2, 0.25) is 0 Å². The second-order valence-electron chi connectivity index (χ2n) is 4.87. The lowest BCUT2D eigenvalue weighted by molar-refractivity contribution is 0.558. The molecule has 1 aliphatic carbocycles. The maximum absolute atomic E-state index is 12.0. The molecule has 3 nitrogen and oxygen atoms in total. The van der Waals surface area contributed by atoms with Crippen molar-refractivity contribution in [2.24, 2.45) is 5.14 Å². The van der Waals surface area contributed by atoms with E-state index >= 15 is 0 Å². The summed E-state index contributed by atoms with van der Waals surface area (Å²) in [7, 11) is -3.60. The Hall–Kier alpha value is -1.17. The molecule has 0 saturated heterocycles. The van der Waals surface area contributed by atoms with E-state index in [1.807, 2.05) is 35.7 Å². The quantitative estimate of drug-likeness (QED) is 0.946. The SMILES string of the molecule is NS(=O)(=O)C(c1cccs1)[C@H]1CCc2ccccc21. The van der Waals surface area contributed by atoms with Crippen molar-refractivity contribution in [3.63, 3.8) is 0 Å². The number of thiophene rings is 1. The van der Waals surface area contributed by atoms with E-state index in [0.29, 0.717) is 0 Å². The average molecular weight is 293 g/mol. The molecule has 5 heteroatoms. The summed E-state index contributed by atoms with van der Waals surface area (Å²) < 4.78 is 24.0. The zero-order valence-electron chi connectivity index (χ0n) is 10.3. The summed E-state index contributed by atoms with van der Waals surface area (Å²) >= 11 is 1.46. The van der Waals surface area contributed by atoms with Gasteiger partial charge in [-0.15, -0.1) is 11.3 Å². The van der Waals surface area contributed by atoms with Gasteiger partial charge in [0.1, 0.15) is 5.25 Å². The van der Waals surface area contributed by atoms with Crippen molar-refractivity contribution in [1.82, 2.24) is 0 Å². The van der Waals surface area contributed by atoms with E-state index < -0.39 is 15.3 Å². The average Bonchev–Trinajstić information content (AvgIpc) is 2.98. The highest BCUT2D eigenvalue weighted by Crippen LogP contribution is 2.45. The maximum atomic E-state index is 12.0. The second kappa shape index (κ2) is 4.74. The van der Waals surface area contributed by atoms with Gasteiger partial charge in [0.05, 0.1) is 0 Å². The van der Waals surface area contributed by atoms with Crippen LogP contribution >= 0.6 is 11.3 Å². The van der Waals surface area contributed by atoms with E-state index in [1.165, 1.54) is 16.9 Å². The molecule has 3 rings (SSSR count). The van der Waals surface area contributed by atoms with Gasteiger partial charge in [-0.3, -0.25) is 0 Å². The van der Waals surface area contributed by atoms with Crippen LogP contribution in [0.4, 0.5) is 0 Å². The molecule has 1 unspecified atom stereocenters. The molecule has 1 aromatic carbocycles. The van der Waals surface area contributed by atoms with Gasteiger partial charge in [0.15, 0.2) is 0 Å². The van der Waals surface area contributed by atoms with Gasteiger partial charge in [-0.25, -0.2) is 13.6 Å². The van der Waals surface area contributed by atoms with Crippen LogP contribution in [0.25, 0.3) is 0 Å². The third kappa shape index (κ3) is 2.33. The van der Waals surface area contributed by atoms with Crippen molar-refractivity contribution in [3.05, 3.63) is 57.8 Å². The van der Waals surface area contributed by atoms with Crippen LogP contribution in [0, 0.1) is 0 Å². The van der Waals surface area contributed by atoms with E-state index in [9.17, 15) is 8.42 Å². The molecule has 2 atom stereocenters. The number of aryl methyl sites for hydroxylation is 1. The number of primary sulfonamides is 1. The minimum Gasteiger partial charge on any atom is -0.228 e. The molecule has 1 aromatic heterocycles. The molecule has 100 valence electrons. The lowest BCUT2D eigenvalue weighted by Gasteiger charge is -2.21. The Labute approximate surface area is 117 Å². The van der Waals surface area contributed by atoms with Gasteiger partial charge in [-0.2, -0.15) is 0 Å². The highest BCUT2D eigenvalue weighted by atomic mass is 32.2. The Bertz CT molecular complexity index is 677. The molecular formula is C14H15NO2S2. The number of sulfonamides is 1. The van der Waals surface area contributed by atoms with Gasteiger partial charge in [-0.1, -0.05) is 30.3 Å². The predicted octanol–water partition coefficient (Wildman–Crippen LogP) is 2.81. The van der Waals surface area contributed by atoms with Gasteiger partial charge in [0.25, 0.3) is 0 Å². The zero-order valence-corrected chi connectivity index (χ0v) is 12.0. The first-order valence-electron chi connectivity index (χ1n) is 6.20. The van der Waals surface area contributed by atoms with Crippen LogP contribution in [0.15, 0.2) is 41.8 Å². The Morgan fingerprint density at radius 1 is 1.21 bits per heavy atom. The first-order valence-corrected chi connectivity index (χ1v) is 8.69. The Morgan fingerprint density at radius 2 is 2.00 bits per heavy atom. The number of rotatable bonds is 3. The molecule has 2 aromatic rings. The van der Waals surface area contributed by atoms with E-state index in [0.717, 1.165) is 23.3 Å². The molecule has 19 heavy (non-hydrogen) atoms. The lowest BCUT2D eigenvalue weighted by Crippen LogP contribution is -2.25. The highest BCUT2D eigenvalue weighted by Gasteiger charge is 2.37. The summed E-state index contributed by atoms with van der Waals surface area (Å²) in [5, 5.41) is 6.77. The molecule has 0 spiro atoms. The fraction of sp³-hybridized carbons (Fsp3) is 0.286. The van der Waals surface area contributed by atoms with Crippen LogP contribution in [0.3, 0.4) is 0 Å². The van der Waals surface area contributed by atoms with Crippen LogP contribution in [-0.2, 0) is 16.4 Å². The normalized spacial score (nSPS) is 20.2. The fourth-order valence-electron chi connectivity index (χ4n) is 2.95. The molecule has 0 fully saturated rings. The molecule has 0 aliphatic heterocycles. The number of benzene rings is 1. The number of fused-ring (bicyclic) bond motifs is 1. The highest BCUT2D eigenvalue weighted by molar-refractivity contribution is 7.89. The van der Waals surface area contributed by atoms with Crippen molar-refractivity contribution >= 4 is 21.4 Å². The number of hydrogen-bond acceptors (Lipinski definition) is 3. The minimum atomic E-state index is -3.60. The third-order valence-corrected chi connectivity index (χ3v) is 6.12. The molecule has 0 amide bonds. The van der Waals surface area contributed by atoms with Gasteiger partial charge >= 0.3 is 0 Å².